The number of imide groups is 1. The van der Waals surface area contributed by atoms with Gasteiger partial charge in [0.2, 0.25) is 0 Å². The number of anilines is 1. The second-order valence-corrected chi connectivity index (χ2v) is 11.8. The van der Waals surface area contributed by atoms with E-state index in [1.807, 2.05) is 84.9 Å². The molecular formula is C39H23NO4. The van der Waals surface area contributed by atoms with Crippen LogP contribution in [0.3, 0.4) is 0 Å². The Labute approximate surface area is 251 Å². The topological polar surface area (TPSA) is 71.5 Å². The number of carbonyl (C=O) groups excluding carboxylic acids is 4. The number of fused-ring (bicyclic) bond motifs is 2. The Hall–Kier alpha value is -5.68. The average Bonchev–Trinajstić information content (AvgIpc) is 3.15. The lowest BCUT2D eigenvalue weighted by Gasteiger charge is -2.28. The summed E-state index contributed by atoms with van der Waals surface area (Å²) in [5.41, 5.74) is 3.66. The van der Waals surface area contributed by atoms with Crippen LogP contribution in [-0.4, -0.2) is 23.4 Å². The number of nitrogens with zero attached hydrogens (tertiary/aromatic N) is 1. The molecule has 2 amide bonds. The Bertz CT molecular complexity index is 2340. The van der Waals surface area contributed by atoms with Gasteiger partial charge in [-0.3, -0.25) is 19.2 Å². The highest BCUT2D eigenvalue weighted by molar-refractivity contribution is 6.43. The molecule has 1 aliphatic heterocycles. The maximum absolute atomic E-state index is 14.1. The first-order valence-corrected chi connectivity index (χ1v) is 14.8. The summed E-state index contributed by atoms with van der Waals surface area (Å²) in [6.07, 6.45) is 0.665. The molecule has 1 aliphatic carbocycles. The van der Waals surface area contributed by atoms with E-state index in [0.29, 0.717) is 45.1 Å². The van der Waals surface area contributed by atoms with Crippen LogP contribution in [0, 0.1) is 5.92 Å². The second-order valence-electron chi connectivity index (χ2n) is 11.8. The highest BCUT2D eigenvalue weighted by Crippen LogP contribution is 2.46. The van der Waals surface area contributed by atoms with E-state index in [-0.39, 0.29) is 29.8 Å². The largest absolute Gasteiger partial charge is 0.294 e. The summed E-state index contributed by atoms with van der Waals surface area (Å²) in [5.74, 6) is -1.20. The lowest BCUT2D eigenvalue weighted by molar-refractivity contribution is 0.0859. The first-order valence-electron chi connectivity index (χ1n) is 14.8. The van der Waals surface area contributed by atoms with Crippen LogP contribution in [0.15, 0.2) is 109 Å². The maximum Gasteiger partial charge on any atom is 0.265 e. The van der Waals surface area contributed by atoms with E-state index in [1.165, 1.54) is 4.90 Å². The molecular weight excluding hydrogens is 546 g/mol. The Morgan fingerprint density at radius 1 is 0.500 bits per heavy atom. The lowest BCUT2D eigenvalue weighted by Crippen LogP contribution is -2.40. The second kappa shape index (κ2) is 8.91. The van der Waals surface area contributed by atoms with Crippen molar-refractivity contribution in [3.05, 3.63) is 137 Å². The first-order chi connectivity index (χ1) is 21.5. The molecule has 2 aliphatic rings. The number of Topliss-reactive ketones (excluding diaryl/α,β-unsaturated/α-hetero) is 2. The fourth-order valence-electron chi connectivity index (χ4n) is 7.54. The molecule has 208 valence electrons. The number of rotatable bonds is 3. The zero-order chi connectivity index (χ0) is 29.7. The maximum atomic E-state index is 14.1. The molecule has 1 atom stereocenters. The third-order valence-electron chi connectivity index (χ3n) is 9.48. The minimum atomic E-state index is -0.444. The monoisotopic (exact) mass is 569 g/mol. The standard InChI is InChI=1S/C39H23NO4/c41-32-20-22(19-21-7-3-1-4-8-21)37(42)29-16-12-25-27-14-18-31-36-30(38(43)40(39(31)44)23-9-5-2-6-10-23)17-13-26(34(27)36)24-11-15-28(32)35(29)33(24)25/h1-18,22H,19-20H2. The van der Waals surface area contributed by atoms with Gasteiger partial charge >= 0.3 is 0 Å². The normalized spacial score (nSPS) is 16.5. The summed E-state index contributed by atoms with van der Waals surface area (Å²) in [4.78, 5) is 56.7. The van der Waals surface area contributed by atoms with E-state index >= 15 is 0 Å². The quantitative estimate of drug-likeness (QED) is 0.122. The van der Waals surface area contributed by atoms with Crippen molar-refractivity contribution in [1.29, 1.82) is 0 Å². The van der Waals surface area contributed by atoms with Crippen molar-refractivity contribution in [3.63, 3.8) is 0 Å². The van der Waals surface area contributed by atoms with Crippen LogP contribution in [0.4, 0.5) is 5.69 Å². The number of benzene rings is 7. The number of ketones is 2. The Morgan fingerprint density at radius 3 is 1.55 bits per heavy atom. The molecule has 0 saturated carbocycles. The first kappa shape index (κ1) is 24.9. The van der Waals surface area contributed by atoms with Gasteiger partial charge in [-0.1, -0.05) is 84.9 Å². The molecule has 0 radical (unpaired) electrons. The highest BCUT2D eigenvalue weighted by atomic mass is 16.2. The average molecular weight is 570 g/mol. The van der Waals surface area contributed by atoms with Gasteiger partial charge in [-0.05, 0) is 68.6 Å². The molecule has 7 aromatic rings. The third kappa shape index (κ3) is 3.24. The zero-order valence-electron chi connectivity index (χ0n) is 23.5. The lowest BCUT2D eigenvalue weighted by atomic mass is 9.82. The van der Waals surface area contributed by atoms with Gasteiger partial charge in [0, 0.05) is 45.4 Å². The molecule has 7 aromatic carbocycles. The van der Waals surface area contributed by atoms with Crippen molar-refractivity contribution in [1.82, 2.24) is 0 Å². The van der Waals surface area contributed by atoms with Crippen LogP contribution in [0.1, 0.15) is 53.4 Å². The summed E-state index contributed by atoms with van der Waals surface area (Å²) < 4.78 is 0. The number of para-hydroxylation sites is 1. The fraction of sp³-hybridized carbons (Fsp3) is 0.0769. The van der Waals surface area contributed by atoms with E-state index in [2.05, 4.69) is 0 Å². The summed E-state index contributed by atoms with van der Waals surface area (Å²) in [5, 5.41) is 6.62. The van der Waals surface area contributed by atoms with Crippen molar-refractivity contribution in [2.24, 2.45) is 5.92 Å². The summed E-state index contributed by atoms with van der Waals surface area (Å²) in [7, 11) is 0. The van der Waals surface area contributed by atoms with Crippen molar-refractivity contribution in [3.8, 4) is 0 Å². The number of carbonyl (C=O) groups is 4. The summed E-state index contributed by atoms with van der Waals surface area (Å²) in [6.45, 7) is 0. The van der Waals surface area contributed by atoms with E-state index < -0.39 is 5.92 Å². The molecule has 0 bridgehead atoms. The van der Waals surface area contributed by atoms with Crippen LogP contribution in [0.25, 0.3) is 43.1 Å². The molecule has 1 unspecified atom stereocenters. The predicted molar refractivity (Wildman–Crippen MR) is 172 cm³/mol. The van der Waals surface area contributed by atoms with Gasteiger partial charge in [0.05, 0.1) is 5.69 Å². The van der Waals surface area contributed by atoms with Crippen molar-refractivity contribution in [2.45, 2.75) is 12.8 Å². The fourth-order valence-corrected chi connectivity index (χ4v) is 7.54. The van der Waals surface area contributed by atoms with Crippen molar-refractivity contribution < 1.29 is 19.2 Å². The number of hydrogen-bond donors (Lipinski definition) is 0. The van der Waals surface area contributed by atoms with Crippen LogP contribution in [0.2, 0.25) is 0 Å². The Kier molecular flexibility index (Phi) is 5.04. The number of hydrogen-bond acceptors (Lipinski definition) is 4. The van der Waals surface area contributed by atoms with E-state index in [4.69, 9.17) is 0 Å². The summed E-state index contributed by atoms with van der Waals surface area (Å²) in [6, 6.07) is 33.9. The third-order valence-corrected chi connectivity index (χ3v) is 9.48. The van der Waals surface area contributed by atoms with Gasteiger partial charge in [0.1, 0.15) is 0 Å². The minimum absolute atomic E-state index is 0.0158. The molecule has 0 aromatic heterocycles. The Balaban J connectivity index is 1.30. The van der Waals surface area contributed by atoms with Gasteiger partial charge in [-0.25, -0.2) is 4.90 Å². The van der Waals surface area contributed by atoms with Gasteiger partial charge in [0.15, 0.2) is 11.6 Å². The molecule has 1 heterocycles. The molecule has 5 nitrogen and oxygen atoms in total. The highest BCUT2D eigenvalue weighted by Gasteiger charge is 2.36. The smallest absolute Gasteiger partial charge is 0.265 e. The molecule has 5 heteroatoms. The Morgan fingerprint density at radius 2 is 0.977 bits per heavy atom. The van der Waals surface area contributed by atoms with E-state index in [1.54, 1.807) is 24.3 Å². The molecule has 0 fully saturated rings. The molecule has 9 rings (SSSR count). The van der Waals surface area contributed by atoms with Gasteiger partial charge in [0.25, 0.3) is 11.8 Å². The van der Waals surface area contributed by atoms with Crippen LogP contribution in [-0.2, 0) is 6.42 Å². The van der Waals surface area contributed by atoms with E-state index in [9.17, 15) is 19.2 Å². The summed E-state index contributed by atoms with van der Waals surface area (Å²) >= 11 is 0. The SMILES string of the molecule is O=C1CC(Cc2ccccc2)C(=O)c2ccc3c4ccc5c6c(ccc(c7ccc1c2c73)c64)C(=O)N(c1ccccc1)C5=O. The van der Waals surface area contributed by atoms with E-state index in [0.717, 1.165) is 37.9 Å². The van der Waals surface area contributed by atoms with Crippen LogP contribution in [0.5, 0.6) is 0 Å². The van der Waals surface area contributed by atoms with Crippen LogP contribution < -0.4 is 4.90 Å². The van der Waals surface area contributed by atoms with Gasteiger partial charge < -0.3 is 0 Å². The predicted octanol–water partition coefficient (Wildman–Crippen LogP) is 8.17. The minimum Gasteiger partial charge on any atom is -0.294 e. The van der Waals surface area contributed by atoms with Gasteiger partial charge in [-0.15, -0.1) is 0 Å². The zero-order valence-corrected chi connectivity index (χ0v) is 23.5. The molecule has 44 heavy (non-hydrogen) atoms. The number of amides is 2. The van der Waals surface area contributed by atoms with Crippen molar-refractivity contribution in [2.75, 3.05) is 4.90 Å². The molecule has 0 spiro atoms. The molecule has 0 N–H and O–H groups in total. The van der Waals surface area contributed by atoms with Crippen molar-refractivity contribution >= 4 is 72.2 Å². The van der Waals surface area contributed by atoms with Crippen LogP contribution >= 0.6 is 0 Å². The molecule has 0 saturated heterocycles. The van der Waals surface area contributed by atoms with Gasteiger partial charge in [-0.2, -0.15) is 0 Å².